The quantitative estimate of drug-likeness (QED) is 0.425. The zero-order valence-corrected chi connectivity index (χ0v) is 19.8. The molecule has 1 heterocycles. The highest BCUT2D eigenvalue weighted by molar-refractivity contribution is 6.54. The van der Waals surface area contributed by atoms with Crippen LogP contribution in [0.5, 0.6) is 5.75 Å². The number of carbonyl (C=O) groups excluding carboxylic acids is 1. The number of hydrogen-bond donors (Lipinski definition) is 3. The van der Waals surface area contributed by atoms with Crippen molar-refractivity contribution < 1.29 is 19.8 Å². The van der Waals surface area contributed by atoms with E-state index in [4.69, 9.17) is 11.6 Å². The Hall–Kier alpha value is -4.36. The molecule has 3 aromatic rings. The molecule has 0 radical (unpaired) electrons. The zero-order valence-electron chi connectivity index (χ0n) is 19.1. The molecule has 1 atom stereocenters. The van der Waals surface area contributed by atoms with Crippen LogP contribution in [0, 0.1) is 0 Å². The van der Waals surface area contributed by atoms with E-state index in [9.17, 15) is 19.8 Å². The fourth-order valence-electron chi connectivity index (χ4n) is 4.42. The smallest absolute Gasteiger partial charge is 0.335 e. The van der Waals surface area contributed by atoms with Gasteiger partial charge < -0.3 is 15.1 Å². The summed E-state index contributed by atoms with van der Waals surface area (Å²) in [7, 11) is 0. The summed E-state index contributed by atoms with van der Waals surface area (Å²) in [5.74, 6) is -1.47. The molecule has 8 heteroatoms. The molecule has 0 aromatic heterocycles. The minimum Gasteiger partial charge on any atom is -0.507 e. The SMILES string of the molecule is O=C1/C(=N\NC2(C(=O)O)C=CC=C(c3ccccc3O)C2)c2cc(Cl)ccc2N1Cc1ccccc1. The van der Waals surface area contributed by atoms with Crippen molar-refractivity contribution in [3.63, 3.8) is 0 Å². The number of allylic oxidation sites excluding steroid dienone is 2. The van der Waals surface area contributed by atoms with Crippen LogP contribution in [0.4, 0.5) is 5.69 Å². The molecule has 5 rings (SSSR count). The first-order valence-corrected chi connectivity index (χ1v) is 11.7. The number of halogens is 1. The summed E-state index contributed by atoms with van der Waals surface area (Å²) in [5, 5.41) is 25.2. The topological polar surface area (TPSA) is 102 Å². The summed E-state index contributed by atoms with van der Waals surface area (Å²) in [6, 6.07) is 21.4. The first-order valence-electron chi connectivity index (χ1n) is 11.3. The van der Waals surface area contributed by atoms with Crippen LogP contribution >= 0.6 is 11.6 Å². The van der Waals surface area contributed by atoms with Gasteiger partial charge in [0.05, 0.1) is 12.2 Å². The predicted molar refractivity (Wildman–Crippen MR) is 139 cm³/mol. The van der Waals surface area contributed by atoms with E-state index in [2.05, 4.69) is 10.5 Å². The van der Waals surface area contributed by atoms with Gasteiger partial charge >= 0.3 is 5.97 Å². The van der Waals surface area contributed by atoms with Crippen molar-refractivity contribution in [2.75, 3.05) is 4.90 Å². The lowest BCUT2D eigenvalue weighted by atomic mass is 9.84. The minimum atomic E-state index is -1.62. The van der Waals surface area contributed by atoms with E-state index in [0.29, 0.717) is 34.0 Å². The van der Waals surface area contributed by atoms with Crippen molar-refractivity contribution in [1.82, 2.24) is 5.43 Å². The largest absolute Gasteiger partial charge is 0.507 e. The highest BCUT2D eigenvalue weighted by Gasteiger charge is 2.40. The molecule has 1 aliphatic heterocycles. The van der Waals surface area contributed by atoms with Crippen LogP contribution in [-0.2, 0) is 16.1 Å². The summed E-state index contributed by atoms with van der Waals surface area (Å²) in [6.07, 6.45) is 4.86. The van der Waals surface area contributed by atoms with Gasteiger partial charge in [-0.1, -0.05) is 72.3 Å². The van der Waals surface area contributed by atoms with Gasteiger partial charge in [0.25, 0.3) is 5.91 Å². The van der Waals surface area contributed by atoms with Crippen molar-refractivity contribution in [2.24, 2.45) is 5.10 Å². The van der Waals surface area contributed by atoms with Gasteiger partial charge in [-0.3, -0.25) is 10.2 Å². The van der Waals surface area contributed by atoms with Gasteiger partial charge in [-0.15, -0.1) is 0 Å². The van der Waals surface area contributed by atoms with Gasteiger partial charge in [-0.25, -0.2) is 4.79 Å². The van der Waals surface area contributed by atoms with Gasteiger partial charge in [0.15, 0.2) is 11.3 Å². The number of hydrazone groups is 1. The third kappa shape index (κ3) is 4.25. The number of nitrogens with zero attached hydrogens (tertiary/aromatic N) is 2. The monoisotopic (exact) mass is 499 g/mol. The first-order chi connectivity index (χ1) is 17.4. The number of phenolic OH excluding ortho intramolecular Hbond substituents is 1. The van der Waals surface area contributed by atoms with Crippen molar-refractivity contribution >= 4 is 40.4 Å². The molecule has 7 nitrogen and oxygen atoms in total. The van der Waals surface area contributed by atoms with E-state index in [1.807, 2.05) is 30.3 Å². The van der Waals surface area contributed by atoms with Crippen LogP contribution in [0.2, 0.25) is 5.02 Å². The second-order valence-corrected chi connectivity index (χ2v) is 9.07. The van der Waals surface area contributed by atoms with Crippen LogP contribution in [0.15, 0.2) is 96.1 Å². The molecule has 0 saturated heterocycles. The van der Waals surface area contributed by atoms with E-state index >= 15 is 0 Å². The Morgan fingerprint density at radius 3 is 2.56 bits per heavy atom. The van der Waals surface area contributed by atoms with Crippen LogP contribution < -0.4 is 10.3 Å². The maximum absolute atomic E-state index is 13.5. The number of aliphatic carboxylic acids is 1. The lowest BCUT2D eigenvalue weighted by Crippen LogP contribution is -2.49. The van der Waals surface area contributed by atoms with Crippen molar-refractivity contribution in [1.29, 1.82) is 0 Å². The highest BCUT2D eigenvalue weighted by atomic mass is 35.5. The van der Waals surface area contributed by atoms with Gasteiger partial charge in [-0.05, 0) is 41.5 Å². The van der Waals surface area contributed by atoms with Gasteiger partial charge in [-0.2, -0.15) is 5.10 Å². The van der Waals surface area contributed by atoms with Gasteiger partial charge in [0.2, 0.25) is 0 Å². The lowest BCUT2D eigenvalue weighted by Gasteiger charge is -2.29. The molecule has 3 N–H and O–H groups in total. The van der Waals surface area contributed by atoms with Crippen molar-refractivity contribution in [3.8, 4) is 5.75 Å². The number of anilines is 1. The normalized spacial score (nSPS) is 19.8. The number of aromatic hydroxyl groups is 1. The van der Waals surface area contributed by atoms with Gasteiger partial charge in [0, 0.05) is 22.6 Å². The summed E-state index contributed by atoms with van der Waals surface area (Å²) in [5.41, 5.74) is 4.48. The molecule has 180 valence electrons. The number of nitrogens with one attached hydrogen (secondary N) is 1. The Morgan fingerprint density at radius 1 is 1.06 bits per heavy atom. The molecule has 0 fully saturated rings. The third-order valence-corrected chi connectivity index (χ3v) is 6.52. The molecule has 3 aromatic carbocycles. The summed E-state index contributed by atoms with van der Waals surface area (Å²) < 4.78 is 0. The van der Waals surface area contributed by atoms with Crippen LogP contribution in [-0.4, -0.2) is 33.3 Å². The van der Waals surface area contributed by atoms with E-state index in [1.165, 1.54) is 6.08 Å². The number of hydrogen-bond acceptors (Lipinski definition) is 5. The molecule has 0 bridgehead atoms. The number of rotatable bonds is 6. The molecule has 36 heavy (non-hydrogen) atoms. The number of benzene rings is 3. The number of phenols is 1. The second kappa shape index (κ2) is 9.36. The third-order valence-electron chi connectivity index (χ3n) is 6.28. The maximum atomic E-state index is 13.5. The summed E-state index contributed by atoms with van der Waals surface area (Å²) in [6.45, 7) is 0.331. The molecule has 1 aliphatic carbocycles. The number of carbonyl (C=O) groups is 2. The van der Waals surface area contributed by atoms with Crippen molar-refractivity contribution in [2.45, 2.75) is 18.5 Å². The number of fused-ring (bicyclic) bond motifs is 1. The molecule has 1 unspecified atom stereocenters. The number of carboxylic acids is 1. The van der Waals surface area contributed by atoms with Crippen LogP contribution in [0.1, 0.15) is 23.1 Å². The lowest BCUT2D eigenvalue weighted by molar-refractivity contribution is -0.142. The molecule has 1 amide bonds. The highest BCUT2D eigenvalue weighted by Crippen LogP contribution is 2.36. The standard InChI is InChI=1S/C28H22ClN3O4/c29-20-12-13-23-22(15-20)25(26(34)32(23)17-18-7-2-1-3-8-18)30-31-28(27(35)36)14-6-9-19(16-28)21-10-4-5-11-24(21)33/h1-15,31,33H,16-17H2,(H,35,36)/b30-25-. The fourth-order valence-corrected chi connectivity index (χ4v) is 4.59. The Balaban J connectivity index is 1.48. The fraction of sp³-hybridized carbons (Fsp3) is 0.107. The molecular weight excluding hydrogens is 478 g/mol. The molecule has 2 aliphatic rings. The Labute approximate surface area is 212 Å². The first kappa shape index (κ1) is 23.4. The van der Waals surface area contributed by atoms with E-state index in [0.717, 1.165) is 5.56 Å². The minimum absolute atomic E-state index is 0.0114. The molecule has 0 saturated carbocycles. The molecular formula is C28H22ClN3O4. The van der Waals surface area contributed by atoms with E-state index < -0.39 is 11.5 Å². The number of para-hydroxylation sites is 1. The average molecular weight is 500 g/mol. The van der Waals surface area contributed by atoms with Gasteiger partial charge in [0.1, 0.15) is 5.75 Å². The Kier molecular flexibility index (Phi) is 6.08. The Morgan fingerprint density at radius 2 is 1.81 bits per heavy atom. The van der Waals surface area contributed by atoms with Crippen LogP contribution in [0.3, 0.4) is 0 Å². The predicted octanol–water partition coefficient (Wildman–Crippen LogP) is 4.75. The zero-order chi connectivity index (χ0) is 25.3. The van der Waals surface area contributed by atoms with Crippen molar-refractivity contribution in [3.05, 3.63) is 113 Å². The average Bonchev–Trinajstić information content (AvgIpc) is 3.13. The summed E-state index contributed by atoms with van der Waals surface area (Å²) in [4.78, 5) is 27.5. The summed E-state index contributed by atoms with van der Waals surface area (Å²) >= 11 is 6.23. The van der Waals surface area contributed by atoms with Crippen LogP contribution in [0.25, 0.3) is 5.57 Å². The van der Waals surface area contributed by atoms with E-state index in [-0.39, 0.29) is 23.8 Å². The maximum Gasteiger partial charge on any atom is 0.335 e. The van der Waals surface area contributed by atoms with E-state index in [1.54, 1.807) is 59.5 Å². The second-order valence-electron chi connectivity index (χ2n) is 8.63. The molecule has 0 spiro atoms. The number of carboxylic acid groups (broad SMARTS) is 1. The Bertz CT molecular complexity index is 1450. The number of amides is 1.